The summed E-state index contributed by atoms with van der Waals surface area (Å²) < 4.78 is 4.87. The Labute approximate surface area is 157 Å². The zero-order valence-corrected chi connectivity index (χ0v) is 15.4. The van der Waals surface area contributed by atoms with E-state index < -0.39 is 6.09 Å². The van der Waals surface area contributed by atoms with Crippen molar-refractivity contribution in [3.05, 3.63) is 57.9 Å². The second kappa shape index (κ2) is 8.17. The molecular weight excluding hydrogens is 350 g/mol. The molecule has 0 bridgehead atoms. The Hall–Kier alpha value is -2.63. The fourth-order valence-corrected chi connectivity index (χ4v) is 2.94. The van der Waals surface area contributed by atoms with E-state index in [1.54, 1.807) is 13.1 Å². The van der Waals surface area contributed by atoms with Gasteiger partial charge in [-0.05, 0) is 42.3 Å². The van der Waals surface area contributed by atoms with Crippen LogP contribution in [-0.2, 0) is 4.74 Å². The second-order valence-corrected chi connectivity index (χ2v) is 6.26. The number of amides is 1. The Bertz CT molecular complexity index is 952. The number of nitrogens with one attached hydrogen (secondary N) is 2. The molecule has 2 aromatic carbocycles. The van der Waals surface area contributed by atoms with E-state index >= 15 is 0 Å². The molecule has 0 saturated heterocycles. The topological polar surface area (TPSA) is 62.7 Å². The summed E-state index contributed by atoms with van der Waals surface area (Å²) in [6.07, 6.45) is 3.27. The lowest BCUT2D eigenvalue weighted by molar-refractivity contribution is 0.147. The lowest BCUT2D eigenvalue weighted by Crippen LogP contribution is -2.45. The standard InChI is InChI=1S/C20H20ClN3O2/c1-3-26-20(25)24-23-16-11-19-17(13(2)22-12-16)5-4-6-18(19)14-7-9-15(21)10-8-14/h4-12,16,23H,3H2,1-2H3,(H,24,25). The summed E-state index contributed by atoms with van der Waals surface area (Å²) in [6, 6.07) is 13.6. The molecule has 0 aromatic heterocycles. The lowest BCUT2D eigenvalue weighted by atomic mass is 10.0. The second-order valence-electron chi connectivity index (χ2n) is 5.82. The van der Waals surface area contributed by atoms with Gasteiger partial charge in [-0.3, -0.25) is 10.4 Å². The third-order valence-corrected chi connectivity index (χ3v) is 4.29. The average Bonchev–Trinajstić information content (AvgIpc) is 2.80. The van der Waals surface area contributed by atoms with Crippen LogP contribution in [0.15, 0.2) is 47.5 Å². The van der Waals surface area contributed by atoms with Crippen molar-refractivity contribution >= 4 is 35.7 Å². The van der Waals surface area contributed by atoms with Crippen molar-refractivity contribution in [2.45, 2.75) is 19.9 Å². The minimum atomic E-state index is -0.523. The van der Waals surface area contributed by atoms with Gasteiger partial charge in [-0.25, -0.2) is 10.2 Å². The van der Waals surface area contributed by atoms with Gasteiger partial charge < -0.3 is 4.74 Å². The fraction of sp³-hybridized carbons (Fsp3) is 0.200. The maximum Gasteiger partial charge on any atom is 0.421 e. The molecule has 1 aliphatic rings. The van der Waals surface area contributed by atoms with Crippen molar-refractivity contribution in [2.75, 3.05) is 6.61 Å². The molecule has 0 radical (unpaired) electrons. The first-order valence-electron chi connectivity index (χ1n) is 8.38. The smallest absolute Gasteiger partial charge is 0.421 e. The van der Waals surface area contributed by atoms with E-state index in [1.165, 1.54) is 0 Å². The highest BCUT2D eigenvalue weighted by atomic mass is 35.5. The van der Waals surface area contributed by atoms with Crippen molar-refractivity contribution in [1.29, 1.82) is 0 Å². The van der Waals surface area contributed by atoms with Gasteiger partial charge in [0.05, 0.1) is 12.6 Å². The lowest BCUT2D eigenvalue weighted by Gasteiger charge is -2.11. The summed E-state index contributed by atoms with van der Waals surface area (Å²) in [5.41, 5.74) is 8.51. The SMILES string of the molecule is CCOC(=O)NNC1C=NC(C)=c2cccc(-c3ccc(Cl)cc3)c2=C1. The molecule has 3 rings (SSSR count). The number of halogens is 1. The Morgan fingerprint density at radius 3 is 2.73 bits per heavy atom. The zero-order chi connectivity index (χ0) is 18.5. The first-order valence-corrected chi connectivity index (χ1v) is 8.76. The number of ether oxygens (including phenoxy) is 1. The third-order valence-electron chi connectivity index (χ3n) is 4.04. The molecule has 6 heteroatoms. The van der Waals surface area contributed by atoms with E-state index in [1.807, 2.05) is 49.4 Å². The van der Waals surface area contributed by atoms with Crippen LogP contribution in [0.25, 0.3) is 22.9 Å². The summed E-state index contributed by atoms with van der Waals surface area (Å²) in [7, 11) is 0. The summed E-state index contributed by atoms with van der Waals surface area (Å²) in [4.78, 5) is 16.0. The van der Waals surface area contributed by atoms with Gasteiger partial charge in [0.15, 0.2) is 0 Å². The van der Waals surface area contributed by atoms with Gasteiger partial charge in [0.1, 0.15) is 0 Å². The molecule has 1 amide bonds. The highest BCUT2D eigenvalue weighted by Crippen LogP contribution is 2.18. The summed E-state index contributed by atoms with van der Waals surface area (Å²) in [5, 5.41) is 2.80. The molecule has 1 heterocycles. The number of fused-ring (bicyclic) bond motifs is 1. The number of carbonyl (C=O) groups excluding carboxylic acids is 1. The predicted molar refractivity (Wildman–Crippen MR) is 105 cm³/mol. The molecule has 1 atom stereocenters. The molecule has 0 aliphatic carbocycles. The Morgan fingerprint density at radius 1 is 1.23 bits per heavy atom. The van der Waals surface area contributed by atoms with E-state index in [2.05, 4.69) is 21.9 Å². The van der Waals surface area contributed by atoms with Crippen LogP contribution >= 0.6 is 11.6 Å². The van der Waals surface area contributed by atoms with E-state index in [4.69, 9.17) is 16.3 Å². The molecule has 2 N–H and O–H groups in total. The third kappa shape index (κ3) is 4.12. The van der Waals surface area contributed by atoms with Crippen LogP contribution < -0.4 is 21.3 Å². The van der Waals surface area contributed by atoms with Crippen molar-refractivity contribution in [3.63, 3.8) is 0 Å². The zero-order valence-electron chi connectivity index (χ0n) is 14.6. The van der Waals surface area contributed by atoms with Gasteiger partial charge in [-0.15, -0.1) is 0 Å². The Morgan fingerprint density at radius 2 is 2.00 bits per heavy atom. The highest BCUT2D eigenvalue weighted by Gasteiger charge is 2.10. The first kappa shape index (κ1) is 18.2. The number of aliphatic imine (C=N–C) groups is 1. The molecule has 134 valence electrons. The number of nitrogens with zero attached hydrogens (tertiary/aromatic N) is 1. The van der Waals surface area contributed by atoms with Crippen LogP contribution in [0.3, 0.4) is 0 Å². The van der Waals surface area contributed by atoms with Crippen LogP contribution in [-0.4, -0.2) is 25.0 Å². The quantitative estimate of drug-likeness (QED) is 0.814. The number of hydrogen-bond donors (Lipinski definition) is 2. The van der Waals surface area contributed by atoms with Crippen LogP contribution in [0.1, 0.15) is 13.8 Å². The summed E-state index contributed by atoms with van der Waals surface area (Å²) in [6.45, 7) is 4.04. The molecule has 0 saturated carbocycles. The Balaban J connectivity index is 2.02. The normalized spacial score (nSPS) is 15.7. The number of hydrogen-bond acceptors (Lipinski definition) is 4. The van der Waals surface area contributed by atoms with Gasteiger partial charge in [-0.2, -0.15) is 0 Å². The first-order chi connectivity index (χ1) is 12.6. The number of carbonyl (C=O) groups is 1. The highest BCUT2D eigenvalue weighted by molar-refractivity contribution is 6.30. The van der Waals surface area contributed by atoms with Crippen LogP contribution in [0.2, 0.25) is 5.02 Å². The van der Waals surface area contributed by atoms with Crippen molar-refractivity contribution < 1.29 is 9.53 Å². The molecule has 0 fully saturated rings. The molecule has 0 spiro atoms. The van der Waals surface area contributed by atoms with E-state index in [0.29, 0.717) is 11.6 Å². The van der Waals surface area contributed by atoms with Crippen LogP contribution in [0.4, 0.5) is 4.79 Å². The van der Waals surface area contributed by atoms with Crippen LogP contribution in [0, 0.1) is 0 Å². The molecule has 1 unspecified atom stereocenters. The molecular formula is C20H20ClN3O2. The largest absolute Gasteiger partial charge is 0.449 e. The minimum absolute atomic E-state index is 0.274. The molecule has 2 aromatic rings. The maximum atomic E-state index is 11.5. The van der Waals surface area contributed by atoms with Crippen molar-refractivity contribution in [3.8, 4) is 11.1 Å². The van der Waals surface area contributed by atoms with Crippen molar-refractivity contribution in [2.24, 2.45) is 4.99 Å². The van der Waals surface area contributed by atoms with Gasteiger partial charge in [-0.1, -0.05) is 48.0 Å². The van der Waals surface area contributed by atoms with E-state index in [9.17, 15) is 4.79 Å². The van der Waals surface area contributed by atoms with E-state index in [-0.39, 0.29) is 6.04 Å². The van der Waals surface area contributed by atoms with E-state index in [0.717, 1.165) is 27.3 Å². The number of hydrazine groups is 1. The molecule has 5 nitrogen and oxygen atoms in total. The van der Waals surface area contributed by atoms with Crippen molar-refractivity contribution in [1.82, 2.24) is 10.9 Å². The van der Waals surface area contributed by atoms with Gasteiger partial charge >= 0.3 is 6.09 Å². The minimum Gasteiger partial charge on any atom is -0.449 e. The van der Waals surface area contributed by atoms with Gasteiger partial charge in [0.25, 0.3) is 0 Å². The predicted octanol–water partition coefficient (Wildman–Crippen LogP) is 2.62. The number of benzene rings is 2. The maximum absolute atomic E-state index is 11.5. The average molecular weight is 370 g/mol. The van der Waals surface area contributed by atoms with Gasteiger partial charge in [0, 0.05) is 22.2 Å². The molecule has 26 heavy (non-hydrogen) atoms. The fourth-order valence-electron chi connectivity index (χ4n) is 2.81. The summed E-state index contributed by atoms with van der Waals surface area (Å²) in [5.74, 6) is 0. The summed E-state index contributed by atoms with van der Waals surface area (Å²) >= 11 is 6.02. The monoisotopic (exact) mass is 369 g/mol. The Kier molecular flexibility index (Phi) is 5.71. The van der Waals surface area contributed by atoms with Gasteiger partial charge in [0.2, 0.25) is 0 Å². The molecule has 1 aliphatic heterocycles. The number of rotatable bonds is 4. The van der Waals surface area contributed by atoms with Crippen LogP contribution in [0.5, 0.6) is 0 Å².